The zero-order chi connectivity index (χ0) is 27.5. The third-order valence-corrected chi connectivity index (χ3v) is 7.63. The summed E-state index contributed by atoms with van der Waals surface area (Å²) in [6.45, 7) is 2.65. The first-order valence-corrected chi connectivity index (χ1v) is 13.0. The van der Waals surface area contributed by atoms with Crippen molar-refractivity contribution in [1.82, 2.24) is 0 Å². The van der Waals surface area contributed by atoms with E-state index in [4.69, 9.17) is 4.74 Å². The SMILES string of the molecule is O=C(C[N+]12CCC(CC1)[C@@H](OC(=O)C(Nc1cccc(OC(F)(F)F)c1)c1ccccc1)C2)c1ccccc1.[Br-]. The minimum atomic E-state index is -4.83. The van der Waals surface area contributed by atoms with Crippen LogP contribution in [0, 0.1) is 5.92 Å². The predicted molar refractivity (Wildman–Crippen MR) is 139 cm³/mol. The average molecular weight is 619 g/mol. The molecule has 0 aliphatic carbocycles. The van der Waals surface area contributed by atoms with Crippen LogP contribution in [-0.4, -0.2) is 54.9 Å². The van der Waals surface area contributed by atoms with Crippen LogP contribution >= 0.6 is 0 Å². The van der Waals surface area contributed by atoms with Crippen molar-refractivity contribution in [2.75, 3.05) is 31.5 Å². The van der Waals surface area contributed by atoms with E-state index in [9.17, 15) is 22.8 Å². The van der Waals surface area contributed by atoms with Gasteiger partial charge in [0.1, 0.15) is 18.8 Å². The molecule has 0 aromatic heterocycles. The molecule has 0 radical (unpaired) electrons. The third kappa shape index (κ3) is 7.22. The Bertz CT molecular complexity index is 1300. The maximum Gasteiger partial charge on any atom is 0.573 e. The van der Waals surface area contributed by atoms with Gasteiger partial charge in [0.2, 0.25) is 5.78 Å². The van der Waals surface area contributed by atoms with E-state index < -0.39 is 18.4 Å². The number of piperidine rings is 3. The first-order valence-electron chi connectivity index (χ1n) is 13.0. The van der Waals surface area contributed by atoms with Gasteiger partial charge in [0, 0.05) is 36.1 Å². The Morgan fingerprint density at radius 3 is 2.23 bits per heavy atom. The topological polar surface area (TPSA) is 64.6 Å². The maximum atomic E-state index is 13.6. The molecular weight excluding hydrogens is 589 g/mol. The van der Waals surface area contributed by atoms with Crippen molar-refractivity contribution in [3.05, 3.63) is 96.1 Å². The number of nitrogens with zero attached hydrogens (tertiary/aromatic N) is 1. The van der Waals surface area contributed by atoms with Crippen LogP contribution in [-0.2, 0) is 9.53 Å². The summed E-state index contributed by atoms with van der Waals surface area (Å²) in [5, 5.41) is 3.04. The number of esters is 1. The van der Waals surface area contributed by atoms with Gasteiger partial charge in [0.15, 0.2) is 12.1 Å². The van der Waals surface area contributed by atoms with Crippen LogP contribution in [0.15, 0.2) is 84.9 Å². The van der Waals surface area contributed by atoms with Crippen LogP contribution in [0.2, 0.25) is 0 Å². The summed E-state index contributed by atoms with van der Waals surface area (Å²) in [6, 6.07) is 22.5. The Morgan fingerprint density at radius 1 is 0.925 bits per heavy atom. The predicted octanol–water partition coefficient (Wildman–Crippen LogP) is 2.78. The largest absolute Gasteiger partial charge is 1.00 e. The fraction of sp³-hybridized carbons (Fsp3) is 0.333. The van der Waals surface area contributed by atoms with Gasteiger partial charge in [-0.15, -0.1) is 13.2 Å². The monoisotopic (exact) mass is 618 g/mol. The van der Waals surface area contributed by atoms with E-state index in [1.165, 1.54) is 18.2 Å². The second kappa shape index (κ2) is 12.4. The van der Waals surface area contributed by atoms with E-state index in [1.807, 2.05) is 36.4 Å². The Morgan fingerprint density at radius 2 is 1.57 bits per heavy atom. The molecule has 0 saturated carbocycles. The van der Waals surface area contributed by atoms with Crippen molar-refractivity contribution in [2.24, 2.45) is 5.92 Å². The minimum Gasteiger partial charge on any atom is -1.00 e. The molecule has 40 heavy (non-hydrogen) atoms. The Hall–Kier alpha value is -3.37. The van der Waals surface area contributed by atoms with Gasteiger partial charge in [-0.1, -0.05) is 66.7 Å². The van der Waals surface area contributed by atoms with Crippen molar-refractivity contribution >= 4 is 17.4 Å². The van der Waals surface area contributed by atoms with E-state index in [2.05, 4.69) is 10.1 Å². The second-order valence-corrected chi connectivity index (χ2v) is 10.3. The molecule has 1 unspecified atom stereocenters. The molecule has 212 valence electrons. The summed E-state index contributed by atoms with van der Waals surface area (Å²) in [5.74, 6) is -0.624. The van der Waals surface area contributed by atoms with E-state index in [0.29, 0.717) is 28.7 Å². The number of alkyl halides is 3. The van der Waals surface area contributed by atoms with Crippen LogP contribution < -0.4 is 27.0 Å². The number of quaternary nitrogens is 1. The molecule has 10 heteroatoms. The first kappa shape index (κ1) is 29.6. The Balaban J connectivity index is 0.00000370. The molecular formula is C30H30BrF3N2O4. The molecule has 3 aromatic rings. The number of hydrogen-bond donors (Lipinski definition) is 1. The Kier molecular flexibility index (Phi) is 9.20. The van der Waals surface area contributed by atoms with Crippen LogP contribution in [0.3, 0.4) is 0 Å². The lowest BCUT2D eigenvalue weighted by atomic mass is 9.82. The first-order chi connectivity index (χ1) is 18.7. The summed E-state index contributed by atoms with van der Waals surface area (Å²) in [6.07, 6.45) is -3.45. The molecule has 6 rings (SSSR count). The molecule has 1 N–H and O–H groups in total. The van der Waals surface area contributed by atoms with E-state index >= 15 is 0 Å². The quantitative estimate of drug-likeness (QED) is 0.227. The molecule has 0 amide bonds. The molecule has 3 fully saturated rings. The van der Waals surface area contributed by atoms with Gasteiger partial charge in [0.05, 0.1) is 13.1 Å². The van der Waals surface area contributed by atoms with Crippen LogP contribution in [0.1, 0.15) is 34.8 Å². The standard InChI is InChI=1S/C30H30F3N2O4.BrH/c31-30(32,33)39-25-13-7-12-24(18-25)34-28(23-10-5-2-6-11-23)29(37)38-27-20-35(16-14-22(27)15-17-35)19-26(36)21-8-3-1-4-9-21;/h1-13,18,22,27-28,34H,14-17,19-20H2;1H/q+1;/p-1/t22?,27-,28?,35?;/m0./s1. The number of nitrogens with one attached hydrogen (secondary N) is 1. The van der Waals surface area contributed by atoms with Gasteiger partial charge in [-0.05, 0) is 17.7 Å². The fourth-order valence-corrected chi connectivity index (χ4v) is 5.69. The van der Waals surface area contributed by atoms with Crippen LogP contribution in [0.4, 0.5) is 18.9 Å². The number of benzene rings is 3. The number of hydrogen-bond acceptors (Lipinski definition) is 5. The summed E-state index contributed by atoms with van der Waals surface area (Å²) in [7, 11) is 0. The van der Waals surface area contributed by atoms with Gasteiger partial charge in [-0.3, -0.25) is 4.79 Å². The Labute approximate surface area is 241 Å². The van der Waals surface area contributed by atoms with E-state index in [0.717, 1.165) is 25.9 Å². The summed E-state index contributed by atoms with van der Waals surface area (Å²) in [5.41, 5.74) is 1.58. The zero-order valence-electron chi connectivity index (χ0n) is 21.6. The van der Waals surface area contributed by atoms with Crippen molar-refractivity contribution in [2.45, 2.75) is 31.3 Å². The normalized spacial score (nSPS) is 22.5. The van der Waals surface area contributed by atoms with E-state index in [1.54, 1.807) is 30.3 Å². The van der Waals surface area contributed by atoms with Gasteiger partial charge in [-0.2, -0.15) is 0 Å². The second-order valence-electron chi connectivity index (χ2n) is 10.3. The highest BCUT2D eigenvalue weighted by Crippen LogP contribution is 2.37. The molecule has 2 atom stereocenters. The van der Waals surface area contributed by atoms with Crippen LogP contribution in [0.5, 0.6) is 5.75 Å². The van der Waals surface area contributed by atoms with Crippen LogP contribution in [0.25, 0.3) is 0 Å². The number of fused-ring (bicyclic) bond motifs is 3. The number of carbonyl (C=O) groups excluding carboxylic acids is 2. The van der Waals surface area contributed by atoms with E-state index in [-0.39, 0.29) is 46.2 Å². The molecule has 3 saturated heterocycles. The van der Waals surface area contributed by atoms with Crippen molar-refractivity contribution < 1.29 is 53.7 Å². The minimum absolute atomic E-state index is 0. The fourth-order valence-electron chi connectivity index (χ4n) is 5.69. The molecule has 3 aliphatic heterocycles. The number of rotatable bonds is 9. The van der Waals surface area contributed by atoms with Gasteiger partial charge >= 0.3 is 12.3 Å². The lowest BCUT2D eigenvalue weighted by Crippen LogP contribution is -3.00. The summed E-state index contributed by atoms with van der Waals surface area (Å²) < 4.78 is 48.9. The van der Waals surface area contributed by atoms with Crippen molar-refractivity contribution in [3.63, 3.8) is 0 Å². The molecule has 6 nitrogen and oxygen atoms in total. The van der Waals surface area contributed by atoms with Gasteiger partial charge < -0.3 is 36.3 Å². The highest BCUT2D eigenvalue weighted by Gasteiger charge is 2.49. The third-order valence-electron chi connectivity index (χ3n) is 7.63. The number of halogens is 4. The number of ketones is 1. The van der Waals surface area contributed by atoms with Crippen molar-refractivity contribution in [3.8, 4) is 5.75 Å². The van der Waals surface area contributed by atoms with Crippen molar-refractivity contribution in [1.29, 1.82) is 0 Å². The number of Topliss-reactive ketones (excluding diaryl/α,β-unsaturated/α-hetero) is 1. The molecule has 3 heterocycles. The highest BCUT2D eigenvalue weighted by atomic mass is 79.9. The molecule has 3 aromatic carbocycles. The smallest absolute Gasteiger partial charge is 0.573 e. The van der Waals surface area contributed by atoms with Gasteiger partial charge in [-0.25, -0.2) is 4.79 Å². The number of carbonyl (C=O) groups is 2. The zero-order valence-corrected chi connectivity index (χ0v) is 23.2. The highest BCUT2D eigenvalue weighted by molar-refractivity contribution is 5.97. The van der Waals surface area contributed by atoms with Gasteiger partial charge in [0.25, 0.3) is 0 Å². The number of anilines is 1. The average Bonchev–Trinajstić information content (AvgIpc) is 2.92. The molecule has 0 spiro atoms. The molecule has 2 bridgehead atoms. The number of ether oxygens (including phenoxy) is 2. The summed E-state index contributed by atoms with van der Waals surface area (Å²) >= 11 is 0. The molecule has 3 aliphatic rings. The lowest BCUT2D eigenvalue weighted by molar-refractivity contribution is -0.938. The maximum absolute atomic E-state index is 13.6. The summed E-state index contributed by atoms with van der Waals surface area (Å²) in [4.78, 5) is 26.6. The lowest BCUT2D eigenvalue weighted by Gasteiger charge is -2.51.